The molecule has 1 N–H and O–H groups in total. The molecule has 0 fully saturated rings. The van der Waals surface area contributed by atoms with Gasteiger partial charge in [0.1, 0.15) is 0 Å². The lowest BCUT2D eigenvalue weighted by molar-refractivity contribution is 0.553. The molecular weight excluding hydrogens is 246 g/mol. The Morgan fingerprint density at radius 1 is 1.20 bits per heavy atom. The molecule has 0 bridgehead atoms. The lowest BCUT2D eigenvalue weighted by Gasteiger charge is -2.11. The van der Waals surface area contributed by atoms with E-state index in [1.54, 1.807) is 0 Å². The van der Waals surface area contributed by atoms with Gasteiger partial charge >= 0.3 is 0 Å². The topological polar surface area (TPSA) is 29.9 Å². The van der Waals surface area contributed by atoms with Crippen molar-refractivity contribution >= 4 is 0 Å². The number of aromatic nitrogens is 2. The van der Waals surface area contributed by atoms with Gasteiger partial charge in [-0.3, -0.25) is 4.68 Å². The quantitative estimate of drug-likeness (QED) is 0.785. The average Bonchev–Trinajstić information content (AvgIpc) is 2.82. The van der Waals surface area contributed by atoms with Gasteiger partial charge in [-0.05, 0) is 49.0 Å². The molecule has 0 radical (unpaired) electrons. The van der Waals surface area contributed by atoms with Crippen molar-refractivity contribution in [3.05, 3.63) is 53.3 Å². The van der Waals surface area contributed by atoms with Crippen LogP contribution in [0.15, 0.2) is 36.7 Å². The molecule has 2 rings (SSSR count). The molecule has 0 unspecified atom stereocenters. The van der Waals surface area contributed by atoms with E-state index in [0.717, 1.165) is 26.1 Å². The summed E-state index contributed by atoms with van der Waals surface area (Å²) in [5.41, 5.74) is 3.99. The second-order valence-corrected chi connectivity index (χ2v) is 5.83. The van der Waals surface area contributed by atoms with Crippen molar-refractivity contribution in [2.75, 3.05) is 13.1 Å². The molecule has 0 atom stereocenters. The fourth-order valence-electron chi connectivity index (χ4n) is 2.30. The van der Waals surface area contributed by atoms with Gasteiger partial charge in [0.2, 0.25) is 0 Å². The molecule has 0 saturated heterocycles. The zero-order valence-electron chi connectivity index (χ0n) is 12.8. The van der Waals surface area contributed by atoms with E-state index in [2.05, 4.69) is 61.6 Å². The minimum Gasteiger partial charge on any atom is -0.316 e. The fraction of sp³-hybridized carbons (Fsp3) is 0.471. The smallest absolute Gasteiger partial charge is 0.0662 e. The highest BCUT2D eigenvalue weighted by molar-refractivity contribution is 5.27. The number of aryl methyl sites for hydroxylation is 1. The van der Waals surface area contributed by atoms with Gasteiger partial charge in [0.25, 0.3) is 0 Å². The Bertz CT molecular complexity index is 529. The monoisotopic (exact) mass is 271 g/mol. The minimum atomic E-state index is 0.706. The van der Waals surface area contributed by atoms with Crippen LogP contribution in [0.5, 0.6) is 0 Å². The Morgan fingerprint density at radius 3 is 2.60 bits per heavy atom. The third-order valence-corrected chi connectivity index (χ3v) is 3.34. The maximum Gasteiger partial charge on any atom is 0.0662 e. The molecule has 0 amide bonds. The van der Waals surface area contributed by atoms with E-state index < -0.39 is 0 Å². The first-order valence-electron chi connectivity index (χ1n) is 7.41. The summed E-state index contributed by atoms with van der Waals surface area (Å²) < 4.78 is 2.01. The molecule has 0 aliphatic heterocycles. The second kappa shape index (κ2) is 7.25. The van der Waals surface area contributed by atoms with Crippen molar-refractivity contribution in [2.24, 2.45) is 5.92 Å². The van der Waals surface area contributed by atoms with Crippen molar-refractivity contribution in [3.63, 3.8) is 0 Å². The molecule has 0 aliphatic carbocycles. The van der Waals surface area contributed by atoms with Crippen LogP contribution in [0.2, 0.25) is 0 Å². The molecule has 0 saturated carbocycles. The molecule has 3 heteroatoms. The van der Waals surface area contributed by atoms with E-state index in [9.17, 15) is 0 Å². The molecule has 2 aromatic rings. The lowest BCUT2D eigenvalue weighted by Crippen LogP contribution is -2.22. The number of nitrogens with one attached hydrogen (secondary N) is 1. The van der Waals surface area contributed by atoms with Crippen LogP contribution in [0.3, 0.4) is 0 Å². The molecule has 3 nitrogen and oxygen atoms in total. The minimum absolute atomic E-state index is 0.706. The Labute approximate surface area is 122 Å². The normalized spacial score (nSPS) is 11.2. The third-order valence-electron chi connectivity index (χ3n) is 3.34. The van der Waals surface area contributed by atoms with E-state index in [1.807, 2.05) is 10.9 Å². The van der Waals surface area contributed by atoms with Crippen molar-refractivity contribution in [3.8, 4) is 0 Å². The van der Waals surface area contributed by atoms with Crippen molar-refractivity contribution in [2.45, 2.75) is 33.7 Å². The van der Waals surface area contributed by atoms with Crippen LogP contribution in [0.1, 0.15) is 30.5 Å². The molecular formula is C17H25N3. The number of hydrogen-bond donors (Lipinski definition) is 1. The Morgan fingerprint density at radius 2 is 1.95 bits per heavy atom. The summed E-state index contributed by atoms with van der Waals surface area (Å²) in [6.07, 6.45) is 5.07. The Kier molecular flexibility index (Phi) is 5.36. The van der Waals surface area contributed by atoms with Gasteiger partial charge in [-0.2, -0.15) is 5.10 Å². The fourth-order valence-corrected chi connectivity index (χ4v) is 2.30. The molecule has 108 valence electrons. The van der Waals surface area contributed by atoms with E-state index >= 15 is 0 Å². The summed E-state index contributed by atoms with van der Waals surface area (Å²) in [6, 6.07) is 8.66. The molecule has 20 heavy (non-hydrogen) atoms. The van der Waals surface area contributed by atoms with Gasteiger partial charge in [0.15, 0.2) is 0 Å². The van der Waals surface area contributed by atoms with Crippen molar-refractivity contribution < 1.29 is 0 Å². The van der Waals surface area contributed by atoms with Crippen LogP contribution < -0.4 is 5.32 Å². The number of benzene rings is 1. The van der Waals surface area contributed by atoms with Crippen molar-refractivity contribution in [1.29, 1.82) is 0 Å². The largest absolute Gasteiger partial charge is 0.316 e. The first kappa shape index (κ1) is 14.8. The summed E-state index contributed by atoms with van der Waals surface area (Å²) in [4.78, 5) is 0. The van der Waals surface area contributed by atoms with Crippen LogP contribution in [0, 0.1) is 12.8 Å². The average molecular weight is 271 g/mol. The van der Waals surface area contributed by atoms with Crippen LogP contribution in [-0.4, -0.2) is 22.9 Å². The van der Waals surface area contributed by atoms with E-state index in [4.69, 9.17) is 0 Å². The van der Waals surface area contributed by atoms with Crippen LogP contribution in [-0.2, 0) is 13.0 Å². The zero-order chi connectivity index (χ0) is 14.4. The van der Waals surface area contributed by atoms with Gasteiger partial charge in [-0.15, -0.1) is 0 Å². The van der Waals surface area contributed by atoms with E-state index in [0.29, 0.717) is 5.92 Å². The zero-order valence-corrected chi connectivity index (χ0v) is 12.8. The predicted molar refractivity (Wildman–Crippen MR) is 83.9 cm³/mol. The van der Waals surface area contributed by atoms with Crippen LogP contribution in [0.4, 0.5) is 0 Å². The highest BCUT2D eigenvalue weighted by atomic mass is 15.3. The third kappa shape index (κ3) is 4.49. The van der Waals surface area contributed by atoms with Gasteiger partial charge in [-0.25, -0.2) is 0 Å². The second-order valence-electron chi connectivity index (χ2n) is 5.83. The van der Waals surface area contributed by atoms with Crippen LogP contribution >= 0.6 is 0 Å². The molecule has 0 spiro atoms. The van der Waals surface area contributed by atoms with Gasteiger partial charge in [0.05, 0.1) is 12.7 Å². The Hall–Kier alpha value is -1.61. The number of rotatable bonds is 7. The summed E-state index contributed by atoms with van der Waals surface area (Å²) >= 11 is 0. The summed E-state index contributed by atoms with van der Waals surface area (Å²) in [7, 11) is 0. The number of hydrogen-bond acceptors (Lipinski definition) is 2. The SMILES string of the molecule is Cc1cnn(Cc2ccccc2CCNCC(C)C)c1. The van der Waals surface area contributed by atoms with E-state index in [-0.39, 0.29) is 0 Å². The van der Waals surface area contributed by atoms with Gasteiger partial charge in [-0.1, -0.05) is 38.1 Å². The highest BCUT2D eigenvalue weighted by Gasteiger charge is 2.03. The lowest BCUT2D eigenvalue weighted by atomic mass is 10.0. The first-order valence-corrected chi connectivity index (χ1v) is 7.41. The van der Waals surface area contributed by atoms with Gasteiger partial charge in [0, 0.05) is 6.20 Å². The van der Waals surface area contributed by atoms with Crippen LogP contribution in [0.25, 0.3) is 0 Å². The standard InChI is InChI=1S/C17H25N3/c1-14(2)10-18-9-8-16-6-4-5-7-17(16)13-20-12-15(3)11-19-20/h4-7,11-12,14,18H,8-10,13H2,1-3H3. The molecule has 1 heterocycles. The van der Waals surface area contributed by atoms with Crippen molar-refractivity contribution in [1.82, 2.24) is 15.1 Å². The summed E-state index contributed by atoms with van der Waals surface area (Å²) in [5, 5.41) is 7.88. The van der Waals surface area contributed by atoms with E-state index in [1.165, 1.54) is 16.7 Å². The molecule has 1 aromatic carbocycles. The maximum absolute atomic E-state index is 4.37. The summed E-state index contributed by atoms with van der Waals surface area (Å²) in [5.74, 6) is 0.706. The summed E-state index contributed by atoms with van der Waals surface area (Å²) in [6.45, 7) is 9.52. The van der Waals surface area contributed by atoms with Gasteiger partial charge < -0.3 is 5.32 Å². The molecule has 1 aromatic heterocycles. The predicted octanol–water partition coefficient (Wildman–Crippen LogP) is 3.03. The highest BCUT2D eigenvalue weighted by Crippen LogP contribution is 2.11. The maximum atomic E-state index is 4.37. The number of nitrogens with zero attached hydrogens (tertiary/aromatic N) is 2. The molecule has 0 aliphatic rings. The Balaban J connectivity index is 1.95. The first-order chi connectivity index (χ1) is 9.65.